The molecule has 2 aromatic carbocycles. The predicted molar refractivity (Wildman–Crippen MR) is 112 cm³/mol. The minimum absolute atomic E-state index is 0.0494. The Labute approximate surface area is 180 Å². The molecule has 1 unspecified atom stereocenters. The number of nitrogens with zero attached hydrogens (tertiary/aromatic N) is 1. The number of aryl methyl sites for hydroxylation is 1. The molecule has 1 saturated heterocycles. The number of hydrogen-bond acceptors (Lipinski definition) is 4. The lowest BCUT2D eigenvalue weighted by Crippen LogP contribution is -2.29. The van der Waals surface area contributed by atoms with Crippen molar-refractivity contribution < 1.29 is 23.5 Å². The molecule has 4 rings (SSSR count). The third-order valence-corrected chi connectivity index (χ3v) is 5.55. The van der Waals surface area contributed by atoms with Crippen LogP contribution in [-0.4, -0.2) is 21.7 Å². The molecule has 0 bridgehead atoms. The molecule has 0 aliphatic carbocycles. The second-order valence-electron chi connectivity index (χ2n) is 7.03. The molecule has 1 atom stereocenters. The van der Waals surface area contributed by atoms with Crippen molar-refractivity contribution in [3.05, 3.63) is 99.2 Å². The largest absolute Gasteiger partial charge is 0.507 e. The Kier molecular flexibility index (Phi) is 5.30. The first-order chi connectivity index (χ1) is 14.4. The number of rotatable bonds is 4. The number of benzene rings is 2. The summed E-state index contributed by atoms with van der Waals surface area (Å²) in [5.74, 6) is -2.02. The van der Waals surface area contributed by atoms with Crippen LogP contribution in [0.5, 0.6) is 0 Å². The Morgan fingerprint density at radius 2 is 1.97 bits per heavy atom. The number of Topliss-reactive ketones (excluding diaryl/α,β-unsaturated/α-hetero) is 1. The summed E-state index contributed by atoms with van der Waals surface area (Å²) >= 11 is 3.40. The molecule has 1 aliphatic rings. The Balaban J connectivity index is 1.89. The van der Waals surface area contributed by atoms with Gasteiger partial charge in [-0.15, -0.1) is 0 Å². The highest BCUT2D eigenvalue weighted by atomic mass is 79.9. The molecule has 152 valence electrons. The fraction of sp³-hybridized carbons (Fsp3) is 0.130. The van der Waals surface area contributed by atoms with E-state index in [1.807, 2.05) is 6.07 Å². The minimum atomic E-state index is -0.850. The Hall–Kier alpha value is -3.19. The van der Waals surface area contributed by atoms with Gasteiger partial charge in [-0.25, -0.2) is 4.39 Å². The van der Waals surface area contributed by atoms with E-state index in [1.165, 1.54) is 23.3 Å². The Bertz CT molecular complexity index is 1170. The van der Waals surface area contributed by atoms with Crippen molar-refractivity contribution in [1.29, 1.82) is 0 Å². The molecule has 30 heavy (non-hydrogen) atoms. The van der Waals surface area contributed by atoms with E-state index in [-0.39, 0.29) is 17.7 Å². The summed E-state index contributed by atoms with van der Waals surface area (Å²) in [4.78, 5) is 27.2. The lowest BCUT2D eigenvalue weighted by Gasteiger charge is -2.24. The Morgan fingerprint density at radius 3 is 2.63 bits per heavy atom. The van der Waals surface area contributed by atoms with Crippen LogP contribution in [0.25, 0.3) is 5.76 Å². The summed E-state index contributed by atoms with van der Waals surface area (Å²) in [7, 11) is 0. The topological polar surface area (TPSA) is 70.8 Å². The maximum Gasteiger partial charge on any atom is 0.296 e. The van der Waals surface area contributed by atoms with E-state index >= 15 is 0 Å². The molecule has 1 aromatic heterocycles. The summed E-state index contributed by atoms with van der Waals surface area (Å²) in [6.45, 7) is 1.65. The van der Waals surface area contributed by atoms with Gasteiger partial charge in [0.05, 0.1) is 24.4 Å². The van der Waals surface area contributed by atoms with Gasteiger partial charge in [0.15, 0.2) is 0 Å². The van der Waals surface area contributed by atoms with E-state index in [2.05, 4.69) is 15.9 Å². The van der Waals surface area contributed by atoms with Crippen molar-refractivity contribution in [2.24, 2.45) is 0 Å². The van der Waals surface area contributed by atoms with Crippen LogP contribution < -0.4 is 0 Å². The average Bonchev–Trinajstić information content (AvgIpc) is 3.32. The fourth-order valence-electron chi connectivity index (χ4n) is 3.53. The number of likely N-dealkylation sites (tertiary alicyclic amines) is 1. The number of ketones is 1. The van der Waals surface area contributed by atoms with Crippen LogP contribution >= 0.6 is 15.9 Å². The zero-order valence-electron chi connectivity index (χ0n) is 15.9. The molecule has 7 heteroatoms. The molecule has 3 aromatic rings. The van der Waals surface area contributed by atoms with Crippen molar-refractivity contribution in [2.75, 3.05) is 0 Å². The highest BCUT2D eigenvalue weighted by Crippen LogP contribution is 2.41. The average molecular weight is 470 g/mol. The van der Waals surface area contributed by atoms with Crippen molar-refractivity contribution in [2.45, 2.75) is 19.5 Å². The molecule has 5 nitrogen and oxygen atoms in total. The second-order valence-corrected chi connectivity index (χ2v) is 7.94. The zero-order chi connectivity index (χ0) is 21.4. The van der Waals surface area contributed by atoms with Gasteiger partial charge in [0.1, 0.15) is 17.3 Å². The molecular formula is C23H17BrFNO4. The first kappa shape index (κ1) is 20.1. The Morgan fingerprint density at radius 1 is 1.17 bits per heavy atom. The van der Waals surface area contributed by atoms with Crippen molar-refractivity contribution >= 4 is 33.4 Å². The lowest BCUT2D eigenvalue weighted by atomic mass is 9.95. The second kappa shape index (κ2) is 7.91. The van der Waals surface area contributed by atoms with Crippen LogP contribution in [0, 0.1) is 12.7 Å². The van der Waals surface area contributed by atoms with E-state index in [0.717, 1.165) is 10.5 Å². The number of aliphatic hydroxyl groups is 1. The number of carbonyl (C=O) groups excluding carboxylic acids is 2. The van der Waals surface area contributed by atoms with E-state index < -0.39 is 29.3 Å². The van der Waals surface area contributed by atoms with Crippen molar-refractivity contribution in [3.63, 3.8) is 0 Å². The highest BCUT2D eigenvalue weighted by molar-refractivity contribution is 9.10. The number of hydrogen-bond donors (Lipinski definition) is 1. The van der Waals surface area contributed by atoms with Gasteiger partial charge in [0, 0.05) is 10.0 Å². The lowest BCUT2D eigenvalue weighted by molar-refractivity contribution is -0.140. The summed E-state index contributed by atoms with van der Waals surface area (Å²) in [5.41, 5.74) is 1.08. The van der Waals surface area contributed by atoms with Crippen LogP contribution in [0.3, 0.4) is 0 Å². The van der Waals surface area contributed by atoms with E-state index in [1.54, 1.807) is 37.3 Å². The van der Waals surface area contributed by atoms with Crippen LogP contribution in [0.15, 0.2) is 75.3 Å². The van der Waals surface area contributed by atoms with Gasteiger partial charge in [0.25, 0.3) is 11.7 Å². The van der Waals surface area contributed by atoms with Crippen molar-refractivity contribution in [1.82, 2.24) is 4.90 Å². The summed E-state index contributed by atoms with van der Waals surface area (Å²) in [5, 5.41) is 10.9. The predicted octanol–water partition coefficient (Wildman–Crippen LogP) is 5.11. The van der Waals surface area contributed by atoms with Gasteiger partial charge in [0.2, 0.25) is 0 Å². The van der Waals surface area contributed by atoms with Crippen LogP contribution in [-0.2, 0) is 16.1 Å². The smallest absolute Gasteiger partial charge is 0.296 e. The number of amides is 1. The van der Waals surface area contributed by atoms with Crippen LogP contribution in [0.1, 0.15) is 28.5 Å². The third kappa shape index (κ3) is 3.57. The number of furan rings is 1. The van der Waals surface area contributed by atoms with Gasteiger partial charge >= 0.3 is 0 Å². The zero-order valence-corrected chi connectivity index (χ0v) is 17.5. The first-order valence-corrected chi connectivity index (χ1v) is 9.99. The summed E-state index contributed by atoms with van der Waals surface area (Å²) in [6, 6.07) is 13.9. The SMILES string of the molecule is Cc1ccc(/C(O)=C2/C(=O)C(=O)N(Cc3ccco3)C2c2cccc(Br)c2)cc1F. The number of halogens is 2. The van der Waals surface area contributed by atoms with Gasteiger partial charge < -0.3 is 14.4 Å². The molecule has 0 spiro atoms. The van der Waals surface area contributed by atoms with Gasteiger partial charge in [-0.1, -0.05) is 40.2 Å². The van der Waals surface area contributed by atoms with Gasteiger partial charge in [-0.2, -0.15) is 0 Å². The molecule has 1 amide bonds. The van der Waals surface area contributed by atoms with Crippen LogP contribution in [0.2, 0.25) is 0 Å². The van der Waals surface area contributed by atoms with E-state index in [9.17, 15) is 19.1 Å². The summed E-state index contributed by atoms with van der Waals surface area (Å²) < 4.78 is 20.2. The quantitative estimate of drug-likeness (QED) is 0.327. The normalized spacial score (nSPS) is 18.2. The third-order valence-electron chi connectivity index (χ3n) is 5.06. The fourth-order valence-corrected chi connectivity index (χ4v) is 3.95. The molecule has 1 fully saturated rings. The molecule has 2 heterocycles. The molecule has 0 saturated carbocycles. The van der Waals surface area contributed by atoms with Crippen LogP contribution in [0.4, 0.5) is 4.39 Å². The minimum Gasteiger partial charge on any atom is -0.507 e. The number of carbonyl (C=O) groups is 2. The standard InChI is InChI=1S/C23H17BrFNO4/c1-13-7-8-15(11-18(13)25)21(27)19-20(14-4-2-5-16(24)10-14)26(23(29)22(19)28)12-17-6-3-9-30-17/h2-11,20,27H,12H2,1H3/b21-19-. The molecule has 1 aliphatic heterocycles. The van der Waals surface area contributed by atoms with Crippen molar-refractivity contribution in [3.8, 4) is 0 Å². The highest BCUT2D eigenvalue weighted by Gasteiger charge is 2.46. The number of aliphatic hydroxyl groups excluding tert-OH is 1. The maximum absolute atomic E-state index is 14.1. The molecular weight excluding hydrogens is 453 g/mol. The molecule has 1 N–H and O–H groups in total. The maximum atomic E-state index is 14.1. The van der Waals surface area contributed by atoms with E-state index in [4.69, 9.17) is 4.42 Å². The van der Waals surface area contributed by atoms with Gasteiger partial charge in [-0.05, 0) is 48.4 Å². The monoisotopic (exact) mass is 469 g/mol. The molecule has 0 radical (unpaired) electrons. The first-order valence-electron chi connectivity index (χ1n) is 9.19. The summed E-state index contributed by atoms with van der Waals surface area (Å²) in [6.07, 6.45) is 1.48. The van der Waals surface area contributed by atoms with E-state index in [0.29, 0.717) is 16.9 Å². The van der Waals surface area contributed by atoms with Gasteiger partial charge in [-0.3, -0.25) is 9.59 Å².